The van der Waals surface area contributed by atoms with Crippen LogP contribution in [0.2, 0.25) is 0 Å². The molecule has 0 amide bonds. The average molecular weight is 390 g/mol. The lowest BCUT2D eigenvalue weighted by molar-refractivity contribution is 0.517. The third-order valence-electron chi connectivity index (χ3n) is 2.75. The van der Waals surface area contributed by atoms with E-state index >= 15 is 0 Å². The Hall–Kier alpha value is -0.200. The molecule has 1 unspecified atom stereocenters. The van der Waals surface area contributed by atoms with Crippen molar-refractivity contribution in [2.24, 2.45) is 5.84 Å². The van der Waals surface area contributed by atoms with Crippen molar-refractivity contribution < 1.29 is 0 Å². The van der Waals surface area contributed by atoms with Crippen molar-refractivity contribution in [1.29, 1.82) is 0 Å². The van der Waals surface area contributed by atoms with Gasteiger partial charge in [0.05, 0.1) is 0 Å². The number of aryl methyl sites for hydroxylation is 1. The largest absolute Gasteiger partial charge is 0.271 e. The maximum Gasteiger partial charge on any atom is 0.0464 e. The Morgan fingerprint density at radius 3 is 2.50 bits per heavy atom. The Bertz CT molecular complexity index is 479. The topological polar surface area (TPSA) is 38.0 Å². The van der Waals surface area contributed by atoms with E-state index in [0.29, 0.717) is 0 Å². The molecule has 0 saturated heterocycles. The standard InChI is InChI=1S/C13H14Br2N2S/c14-10-6-9(7-11(15)8-10)13(17-16)4-3-12-2-1-5-18-12/h1-2,5-8,13,17H,3-4,16H2. The first kappa shape index (κ1) is 14.2. The SMILES string of the molecule is NNC(CCc1cccs1)c1cc(Br)cc(Br)c1. The molecule has 96 valence electrons. The van der Waals surface area contributed by atoms with Crippen LogP contribution < -0.4 is 11.3 Å². The predicted molar refractivity (Wildman–Crippen MR) is 84.5 cm³/mol. The summed E-state index contributed by atoms with van der Waals surface area (Å²) in [6, 6.07) is 10.6. The molecule has 0 bridgehead atoms. The Kier molecular flexibility index (Phi) is 5.38. The minimum Gasteiger partial charge on any atom is -0.271 e. The second kappa shape index (κ2) is 6.82. The minimum atomic E-state index is 0.167. The first-order chi connectivity index (χ1) is 8.69. The van der Waals surface area contributed by atoms with E-state index < -0.39 is 0 Å². The maximum absolute atomic E-state index is 5.67. The molecule has 5 heteroatoms. The van der Waals surface area contributed by atoms with Crippen molar-refractivity contribution >= 4 is 43.2 Å². The van der Waals surface area contributed by atoms with Gasteiger partial charge in [0.1, 0.15) is 0 Å². The van der Waals surface area contributed by atoms with Crippen LogP contribution in [0.15, 0.2) is 44.7 Å². The highest BCUT2D eigenvalue weighted by Crippen LogP contribution is 2.26. The summed E-state index contributed by atoms with van der Waals surface area (Å²) in [4.78, 5) is 1.39. The van der Waals surface area contributed by atoms with Crippen LogP contribution in [0, 0.1) is 0 Å². The minimum absolute atomic E-state index is 0.167. The number of nitrogens with one attached hydrogen (secondary N) is 1. The number of rotatable bonds is 5. The maximum atomic E-state index is 5.67. The highest BCUT2D eigenvalue weighted by molar-refractivity contribution is 9.11. The normalized spacial score (nSPS) is 12.6. The summed E-state index contributed by atoms with van der Waals surface area (Å²) in [5.74, 6) is 5.67. The highest BCUT2D eigenvalue weighted by atomic mass is 79.9. The Morgan fingerprint density at radius 1 is 1.22 bits per heavy atom. The lowest BCUT2D eigenvalue weighted by atomic mass is 10.0. The smallest absolute Gasteiger partial charge is 0.0464 e. The lowest BCUT2D eigenvalue weighted by Gasteiger charge is -2.16. The molecule has 0 aliphatic rings. The third kappa shape index (κ3) is 3.90. The van der Waals surface area contributed by atoms with Crippen LogP contribution >= 0.6 is 43.2 Å². The molecule has 2 aromatic rings. The van der Waals surface area contributed by atoms with Gasteiger partial charge in [0.15, 0.2) is 0 Å². The Morgan fingerprint density at radius 2 is 1.94 bits per heavy atom. The van der Waals surface area contributed by atoms with Gasteiger partial charge in [-0.05, 0) is 48.1 Å². The fraction of sp³-hybridized carbons (Fsp3) is 0.231. The van der Waals surface area contributed by atoms with Crippen LogP contribution in [-0.4, -0.2) is 0 Å². The highest BCUT2D eigenvalue weighted by Gasteiger charge is 2.11. The van der Waals surface area contributed by atoms with E-state index in [4.69, 9.17) is 5.84 Å². The van der Waals surface area contributed by atoms with Crippen molar-refractivity contribution in [3.8, 4) is 0 Å². The van der Waals surface area contributed by atoms with Gasteiger partial charge in [0, 0.05) is 19.9 Å². The van der Waals surface area contributed by atoms with Crippen molar-refractivity contribution in [2.45, 2.75) is 18.9 Å². The molecular formula is C13H14Br2N2S. The molecular weight excluding hydrogens is 376 g/mol. The number of hydrogen-bond acceptors (Lipinski definition) is 3. The number of hydrogen-bond donors (Lipinski definition) is 2. The monoisotopic (exact) mass is 388 g/mol. The van der Waals surface area contributed by atoms with E-state index in [2.05, 4.69) is 66.9 Å². The lowest BCUT2D eigenvalue weighted by Crippen LogP contribution is -2.28. The zero-order valence-corrected chi connectivity index (χ0v) is 13.7. The van der Waals surface area contributed by atoms with Gasteiger partial charge in [-0.15, -0.1) is 11.3 Å². The van der Waals surface area contributed by atoms with Crippen LogP contribution in [0.4, 0.5) is 0 Å². The molecule has 0 aliphatic carbocycles. The molecule has 2 nitrogen and oxygen atoms in total. The average Bonchev–Trinajstić information content (AvgIpc) is 2.81. The fourth-order valence-electron chi connectivity index (χ4n) is 1.86. The molecule has 1 atom stereocenters. The van der Waals surface area contributed by atoms with Crippen molar-refractivity contribution in [3.05, 3.63) is 55.1 Å². The zero-order chi connectivity index (χ0) is 13.0. The summed E-state index contributed by atoms with van der Waals surface area (Å²) < 4.78 is 2.12. The van der Waals surface area contributed by atoms with E-state index in [-0.39, 0.29) is 6.04 Å². The molecule has 0 aliphatic heterocycles. The molecule has 0 spiro atoms. The van der Waals surface area contributed by atoms with Gasteiger partial charge < -0.3 is 0 Å². The first-order valence-corrected chi connectivity index (χ1v) is 8.10. The first-order valence-electron chi connectivity index (χ1n) is 5.63. The molecule has 3 N–H and O–H groups in total. The van der Waals surface area contributed by atoms with E-state index in [0.717, 1.165) is 21.8 Å². The van der Waals surface area contributed by atoms with Crippen LogP contribution in [0.3, 0.4) is 0 Å². The number of hydrazine groups is 1. The van der Waals surface area contributed by atoms with Gasteiger partial charge in [-0.2, -0.15) is 0 Å². The molecule has 1 heterocycles. The molecule has 18 heavy (non-hydrogen) atoms. The molecule has 0 fully saturated rings. The number of benzene rings is 1. The summed E-state index contributed by atoms with van der Waals surface area (Å²) >= 11 is 8.80. The van der Waals surface area contributed by atoms with E-state index in [9.17, 15) is 0 Å². The van der Waals surface area contributed by atoms with Crippen LogP contribution in [-0.2, 0) is 6.42 Å². The quantitative estimate of drug-likeness (QED) is 0.587. The summed E-state index contributed by atoms with van der Waals surface area (Å²) in [6.45, 7) is 0. The van der Waals surface area contributed by atoms with Crippen LogP contribution in [0.25, 0.3) is 0 Å². The number of halogens is 2. The fourth-order valence-corrected chi connectivity index (χ4v) is 3.92. The molecule has 1 aromatic heterocycles. The molecule has 1 aromatic carbocycles. The molecule has 0 saturated carbocycles. The summed E-state index contributed by atoms with van der Waals surface area (Å²) in [5.41, 5.74) is 4.09. The predicted octanol–water partition coefficient (Wildman–Crippen LogP) is 4.41. The zero-order valence-electron chi connectivity index (χ0n) is 9.70. The van der Waals surface area contributed by atoms with Crippen molar-refractivity contribution in [2.75, 3.05) is 0 Å². The third-order valence-corrected chi connectivity index (χ3v) is 4.60. The molecule has 2 rings (SSSR count). The van der Waals surface area contributed by atoms with Crippen LogP contribution in [0.1, 0.15) is 22.9 Å². The van der Waals surface area contributed by atoms with Gasteiger partial charge in [-0.25, -0.2) is 0 Å². The number of thiophene rings is 1. The van der Waals surface area contributed by atoms with E-state index in [1.165, 1.54) is 10.4 Å². The van der Waals surface area contributed by atoms with Crippen LogP contribution in [0.5, 0.6) is 0 Å². The second-order valence-electron chi connectivity index (χ2n) is 4.04. The van der Waals surface area contributed by atoms with Gasteiger partial charge in [-0.3, -0.25) is 11.3 Å². The summed E-state index contributed by atoms with van der Waals surface area (Å²) in [7, 11) is 0. The van der Waals surface area contributed by atoms with Gasteiger partial charge in [0.2, 0.25) is 0 Å². The Labute approximate surface area is 128 Å². The summed E-state index contributed by atoms with van der Waals surface area (Å²) in [6.07, 6.45) is 2.02. The number of nitrogens with two attached hydrogens (primary N) is 1. The second-order valence-corrected chi connectivity index (χ2v) is 6.90. The summed E-state index contributed by atoms with van der Waals surface area (Å²) in [5, 5.41) is 2.11. The van der Waals surface area contributed by atoms with Gasteiger partial charge in [-0.1, -0.05) is 37.9 Å². The van der Waals surface area contributed by atoms with Gasteiger partial charge in [0.25, 0.3) is 0 Å². The Balaban J connectivity index is 2.07. The van der Waals surface area contributed by atoms with E-state index in [1.807, 2.05) is 6.07 Å². The van der Waals surface area contributed by atoms with Crippen molar-refractivity contribution in [3.63, 3.8) is 0 Å². The van der Waals surface area contributed by atoms with Gasteiger partial charge >= 0.3 is 0 Å². The molecule has 0 radical (unpaired) electrons. The van der Waals surface area contributed by atoms with Crippen molar-refractivity contribution in [1.82, 2.24) is 5.43 Å². The van der Waals surface area contributed by atoms with E-state index in [1.54, 1.807) is 11.3 Å².